The molecule has 0 fully saturated rings. The number of hydrogen-bond donors (Lipinski definition) is 1. The molecule has 0 saturated carbocycles. The summed E-state index contributed by atoms with van der Waals surface area (Å²) < 4.78 is 26.4. The van der Waals surface area contributed by atoms with Crippen molar-refractivity contribution in [1.82, 2.24) is 9.97 Å². The van der Waals surface area contributed by atoms with E-state index in [2.05, 4.69) is 0 Å². The van der Waals surface area contributed by atoms with Crippen molar-refractivity contribution in [3.8, 4) is 11.3 Å². The summed E-state index contributed by atoms with van der Waals surface area (Å²) in [5.74, 6) is -0.226. The van der Waals surface area contributed by atoms with Crippen molar-refractivity contribution in [1.29, 1.82) is 0 Å². The zero-order chi connectivity index (χ0) is 32.6. The second kappa shape index (κ2) is 18.4. The van der Waals surface area contributed by atoms with Crippen molar-refractivity contribution in [2.75, 3.05) is 98.0 Å². The molecule has 0 saturated heterocycles. The number of carbonyl (C=O) groups excluding carboxylic acids is 1. The van der Waals surface area contributed by atoms with Crippen molar-refractivity contribution >= 4 is 35.7 Å². The van der Waals surface area contributed by atoms with Crippen LogP contribution < -0.4 is 9.80 Å². The Hall–Kier alpha value is -4.36. The number of aromatic nitrogens is 2. The quantitative estimate of drug-likeness (QED) is 0.194. The van der Waals surface area contributed by atoms with Gasteiger partial charge in [0.2, 0.25) is 0 Å². The number of rotatable bonds is 19. The number of carbonyl (C=O) groups is 2. The number of esters is 1. The first-order valence-corrected chi connectivity index (χ1v) is 14.4. The second-order valence-electron chi connectivity index (χ2n) is 9.88. The molecule has 12 heteroatoms. The standard InChI is InChI=1S/C33H42N4O8/c1-41-20-16-36(17-21-42-2)30-28(15-8-24-6-9-27(10-7-24)33(40)45-5)34-31(37(18-22-43-3)19-23-44-4)29(35-30)25-11-13-26(14-12-25)32(38)39/h6-15H,16-23H2,1-5H3,(H,38,39). The molecule has 0 aliphatic carbocycles. The number of aromatic carboxylic acids is 1. The molecule has 0 spiro atoms. The number of benzene rings is 2. The van der Waals surface area contributed by atoms with E-state index in [4.69, 9.17) is 33.7 Å². The van der Waals surface area contributed by atoms with Gasteiger partial charge in [0.25, 0.3) is 0 Å². The van der Waals surface area contributed by atoms with Crippen LogP contribution in [0.15, 0.2) is 48.5 Å². The van der Waals surface area contributed by atoms with Gasteiger partial charge in [0.05, 0.1) is 44.7 Å². The first-order chi connectivity index (χ1) is 21.9. The third-order valence-electron chi connectivity index (χ3n) is 6.92. The maximum atomic E-state index is 11.9. The molecule has 0 aliphatic heterocycles. The Morgan fingerprint density at radius 1 is 0.667 bits per heavy atom. The van der Waals surface area contributed by atoms with Crippen LogP contribution in [0.3, 0.4) is 0 Å². The van der Waals surface area contributed by atoms with Gasteiger partial charge < -0.3 is 38.6 Å². The van der Waals surface area contributed by atoms with E-state index in [-0.39, 0.29) is 5.56 Å². The average Bonchev–Trinajstić information content (AvgIpc) is 3.07. The van der Waals surface area contributed by atoms with E-state index in [0.29, 0.717) is 86.8 Å². The number of ether oxygens (including phenoxy) is 5. The molecular weight excluding hydrogens is 580 g/mol. The molecule has 0 unspecified atom stereocenters. The summed E-state index contributed by atoms with van der Waals surface area (Å²) in [6, 6.07) is 13.6. The van der Waals surface area contributed by atoms with Crippen LogP contribution in [0.2, 0.25) is 0 Å². The predicted octanol–water partition coefficient (Wildman–Crippen LogP) is 4.00. The minimum atomic E-state index is -1.01. The molecule has 3 aromatic rings. The Labute approximate surface area is 264 Å². The van der Waals surface area contributed by atoms with Crippen LogP contribution in [0.25, 0.3) is 23.4 Å². The van der Waals surface area contributed by atoms with Crippen molar-refractivity contribution in [2.24, 2.45) is 0 Å². The molecule has 1 N–H and O–H groups in total. The Balaban J connectivity index is 2.25. The van der Waals surface area contributed by atoms with Gasteiger partial charge in [-0.1, -0.05) is 30.3 Å². The zero-order valence-corrected chi connectivity index (χ0v) is 26.5. The van der Waals surface area contributed by atoms with Crippen LogP contribution in [0, 0.1) is 0 Å². The summed E-state index contributed by atoms with van der Waals surface area (Å²) in [6.07, 6.45) is 3.78. The predicted molar refractivity (Wildman–Crippen MR) is 173 cm³/mol. The van der Waals surface area contributed by atoms with E-state index < -0.39 is 11.9 Å². The number of anilines is 2. The SMILES string of the molecule is COCCN(CCOC)c1nc(-c2ccc(C(=O)O)cc2)c(N(CCOC)CCOC)nc1C=Cc1ccc(C(=O)OC)cc1. The molecule has 1 aromatic heterocycles. The van der Waals surface area contributed by atoms with Crippen LogP contribution in [0.4, 0.5) is 11.6 Å². The van der Waals surface area contributed by atoms with E-state index in [1.165, 1.54) is 7.11 Å². The molecule has 12 nitrogen and oxygen atoms in total. The van der Waals surface area contributed by atoms with Gasteiger partial charge in [-0.05, 0) is 35.9 Å². The minimum absolute atomic E-state index is 0.170. The Morgan fingerprint density at radius 2 is 1.16 bits per heavy atom. The Bertz CT molecular complexity index is 1380. The summed E-state index contributed by atoms with van der Waals surface area (Å²) in [6.45, 7) is 3.86. The van der Waals surface area contributed by atoms with Crippen molar-refractivity contribution in [2.45, 2.75) is 0 Å². The third kappa shape index (κ3) is 10.1. The molecule has 0 atom stereocenters. The number of methoxy groups -OCH3 is 5. The first-order valence-electron chi connectivity index (χ1n) is 14.4. The maximum absolute atomic E-state index is 11.9. The van der Waals surface area contributed by atoms with Crippen LogP contribution in [-0.2, 0) is 23.7 Å². The molecular formula is C33H42N4O8. The largest absolute Gasteiger partial charge is 0.478 e. The lowest BCUT2D eigenvalue weighted by molar-refractivity contribution is 0.0599. The van der Waals surface area contributed by atoms with Crippen LogP contribution >= 0.6 is 0 Å². The number of nitrogens with zero attached hydrogens (tertiary/aromatic N) is 4. The normalized spacial score (nSPS) is 11.1. The minimum Gasteiger partial charge on any atom is -0.478 e. The second-order valence-corrected chi connectivity index (χ2v) is 9.88. The third-order valence-corrected chi connectivity index (χ3v) is 6.92. The summed E-state index contributed by atoms with van der Waals surface area (Å²) in [5.41, 5.74) is 3.35. The van der Waals surface area contributed by atoms with Gasteiger partial charge in [-0.15, -0.1) is 0 Å². The molecule has 0 aliphatic rings. The van der Waals surface area contributed by atoms with Gasteiger partial charge in [-0.2, -0.15) is 0 Å². The van der Waals surface area contributed by atoms with Crippen molar-refractivity contribution in [3.05, 3.63) is 70.9 Å². The van der Waals surface area contributed by atoms with Gasteiger partial charge in [-0.3, -0.25) is 0 Å². The van der Waals surface area contributed by atoms with Gasteiger partial charge >= 0.3 is 11.9 Å². The first kappa shape index (κ1) is 35.1. The molecule has 45 heavy (non-hydrogen) atoms. The van der Waals surface area contributed by atoms with Crippen LogP contribution in [0.1, 0.15) is 32.0 Å². The number of carboxylic acid groups (broad SMARTS) is 1. The van der Waals surface area contributed by atoms with Crippen LogP contribution in [0.5, 0.6) is 0 Å². The highest BCUT2D eigenvalue weighted by atomic mass is 16.5. The topological polar surface area (TPSA) is 133 Å². The lowest BCUT2D eigenvalue weighted by atomic mass is 10.1. The molecule has 0 bridgehead atoms. The fourth-order valence-electron chi connectivity index (χ4n) is 4.44. The smallest absolute Gasteiger partial charge is 0.337 e. The molecule has 1 heterocycles. The Kier molecular flexibility index (Phi) is 14.4. The molecule has 0 radical (unpaired) electrons. The van der Waals surface area contributed by atoms with Gasteiger partial charge in [-0.25, -0.2) is 19.6 Å². The average molecular weight is 623 g/mol. The maximum Gasteiger partial charge on any atom is 0.337 e. The Morgan fingerprint density at radius 3 is 1.62 bits per heavy atom. The monoisotopic (exact) mass is 622 g/mol. The van der Waals surface area contributed by atoms with Gasteiger partial charge in [0.15, 0.2) is 11.6 Å². The van der Waals surface area contributed by atoms with Crippen molar-refractivity contribution < 1.29 is 38.4 Å². The van der Waals surface area contributed by atoms with E-state index in [1.54, 1.807) is 64.8 Å². The molecule has 2 aromatic carbocycles. The lowest BCUT2D eigenvalue weighted by Crippen LogP contribution is -2.34. The highest BCUT2D eigenvalue weighted by Gasteiger charge is 2.23. The fourth-order valence-corrected chi connectivity index (χ4v) is 4.44. The molecule has 0 amide bonds. The summed E-state index contributed by atoms with van der Waals surface area (Å²) in [4.78, 5) is 38.0. The summed E-state index contributed by atoms with van der Waals surface area (Å²) in [7, 11) is 7.90. The van der Waals surface area contributed by atoms with E-state index in [9.17, 15) is 14.7 Å². The lowest BCUT2D eigenvalue weighted by Gasteiger charge is -2.29. The van der Waals surface area contributed by atoms with Gasteiger partial charge in [0.1, 0.15) is 11.4 Å². The fraction of sp³-hybridized carbons (Fsp3) is 0.394. The van der Waals surface area contributed by atoms with Crippen LogP contribution in [-0.4, -0.2) is 115 Å². The molecule has 242 valence electrons. The number of carboxylic acids is 1. The van der Waals surface area contributed by atoms with Gasteiger partial charge in [0, 0.05) is 60.2 Å². The highest BCUT2D eigenvalue weighted by Crippen LogP contribution is 2.33. The van der Waals surface area contributed by atoms with E-state index in [1.807, 2.05) is 34.1 Å². The summed E-state index contributed by atoms with van der Waals surface area (Å²) >= 11 is 0. The summed E-state index contributed by atoms with van der Waals surface area (Å²) in [5, 5.41) is 9.48. The number of hydrogen-bond acceptors (Lipinski definition) is 11. The van der Waals surface area contributed by atoms with Crippen molar-refractivity contribution in [3.63, 3.8) is 0 Å². The molecule has 3 rings (SSSR count). The highest BCUT2D eigenvalue weighted by molar-refractivity contribution is 5.90. The van der Waals surface area contributed by atoms with E-state index >= 15 is 0 Å². The van der Waals surface area contributed by atoms with E-state index in [0.717, 1.165) is 5.56 Å². The zero-order valence-electron chi connectivity index (χ0n) is 26.5.